The van der Waals surface area contributed by atoms with Crippen molar-refractivity contribution in [3.05, 3.63) is 23.0 Å². The molecule has 1 amide bonds. The van der Waals surface area contributed by atoms with Crippen molar-refractivity contribution in [2.75, 3.05) is 7.05 Å². The largest absolute Gasteiger partial charge is 0.319 e. The third-order valence-electron chi connectivity index (χ3n) is 2.37. The number of carbonyl (C=O) groups excluding carboxylic acids is 1. The van der Waals surface area contributed by atoms with Gasteiger partial charge in [0.05, 0.1) is 0 Å². The van der Waals surface area contributed by atoms with Gasteiger partial charge in [0.25, 0.3) is 5.91 Å². The van der Waals surface area contributed by atoms with Crippen molar-refractivity contribution in [2.24, 2.45) is 5.92 Å². The number of rotatable bonds is 1. The average molecular weight is 387 g/mol. The van der Waals surface area contributed by atoms with Gasteiger partial charge < -0.3 is 9.21 Å². The average Bonchev–Trinajstić information content (AvgIpc) is 2.58. The van der Waals surface area contributed by atoms with Gasteiger partial charge in [0.15, 0.2) is 0 Å². The van der Waals surface area contributed by atoms with Crippen LogP contribution in [0.1, 0.15) is 0 Å². The Balaban J connectivity index is 2.34. The van der Waals surface area contributed by atoms with E-state index < -0.39 is 0 Å². The molecule has 0 aromatic heterocycles. The number of hydrogen-bond donors (Lipinski definition) is 0. The van der Waals surface area contributed by atoms with Crippen molar-refractivity contribution in [3.63, 3.8) is 0 Å². The Bertz CT molecular complexity index is 333. The van der Waals surface area contributed by atoms with Crippen molar-refractivity contribution >= 4 is 52.2 Å². The maximum absolute atomic E-state index is 11.9. The molecule has 0 N–H and O–H groups in total. The summed E-state index contributed by atoms with van der Waals surface area (Å²) in [6, 6.07) is -0.0822. The first-order valence-corrected chi connectivity index (χ1v) is 8.15. The molecule has 0 fully saturated rings. The third kappa shape index (κ3) is 1.61. The zero-order chi connectivity index (χ0) is 10.3. The summed E-state index contributed by atoms with van der Waals surface area (Å²) in [5.41, 5.74) is 0. The zero-order valence-electron chi connectivity index (χ0n) is 7.35. The zero-order valence-corrected chi connectivity index (χ0v) is 11.9. The van der Waals surface area contributed by atoms with Gasteiger partial charge in [-0.3, -0.25) is 4.79 Å². The van der Waals surface area contributed by atoms with Crippen LogP contribution in [0.4, 0.5) is 0 Å². The molecule has 2 atom stereocenters. The SMILES string of the molecule is CN1C=C(Br)C2C=CN(SI)C2C1=O. The van der Waals surface area contributed by atoms with Crippen molar-refractivity contribution in [1.29, 1.82) is 0 Å². The Morgan fingerprint density at radius 1 is 1.64 bits per heavy atom. The highest BCUT2D eigenvalue weighted by atomic mass is 127. The molecule has 0 saturated heterocycles. The summed E-state index contributed by atoms with van der Waals surface area (Å²) in [5, 5.41) is 0. The van der Waals surface area contributed by atoms with Crippen molar-refractivity contribution < 1.29 is 4.79 Å². The number of nitrogens with zero attached hydrogens (tertiary/aromatic N) is 2. The summed E-state index contributed by atoms with van der Waals surface area (Å²) in [7, 11) is 3.33. The second-order valence-corrected chi connectivity index (χ2v) is 5.86. The molecule has 3 nitrogen and oxygen atoms in total. The van der Waals surface area contributed by atoms with Crippen LogP contribution in [0.15, 0.2) is 23.0 Å². The Labute approximate surface area is 107 Å². The summed E-state index contributed by atoms with van der Waals surface area (Å²) in [6.07, 6.45) is 5.87. The molecule has 2 aliphatic rings. The minimum Gasteiger partial charge on any atom is -0.319 e. The summed E-state index contributed by atoms with van der Waals surface area (Å²) in [5.74, 6) is 0.327. The quantitative estimate of drug-likeness (QED) is 0.511. The Morgan fingerprint density at radius 2 is 2.36 bits per heavy atom. The van der Waals surface area contributed by atoms with E-state index in [2.05, 4.69) is 43.2 Å². The fourth-order valence-electron chi connectivity index (χ4n) is 1.65. The first-order chi connectivity index (χ1) is 6.65. The first-order valence-electron chi connectivity index (χ1n) is 4.04. The van der Waals surface area contributed by atoms with Crippen LogP contribution in [0.3, 0.4) is 0 Å². The molecule has 6 heteroatoms. The van der Waals surface area contributed by atoms with Gasteiger partial charge in [-0.2, -0.15) is 0 Å². The second-order valence-electron chi connectivity index (χ2n) is 3.20. The lowest BCUT2D eigenvalue weighted by molar-refractivity contribution is -0.131. The Kier molecular flexibility index (Phi) is 3.13. The Morgan fingerprint density at radius 3 is 3.00 bits per heavy atom. The van der Waals surface area contributed by atoms with E-state index in [0.29, 0.717) is 0 Å². The lowest BCUT2D eigenvalue weighted by Gasteiger charge is -2.32. The van der Waals surface area contributed by atoms with E-state index in [9.17, 15) is 4.79 Å². The summed E-state index contributed by atoms with van der Waals surface area (Å²) < 4.78 is 3.05. The maximum Gasteiger partial charge on any atom is 0.250 e. The maximum atomic E-state index is 11.9. The van der Waals surface area contributed by atoms with Crippen LogP contribution in [-0.2, 0) is 4.79 Å². The van der Waals surface area contributed by atoms with Crippen LogP contribution in [-0.4, -0.2) is 28.2 Å². The number of likely N-dealkylation sites (N-methyl/N-ethyl adjacent to an activating group) is 1. The minimum absolute atomic E-state index is 0.0822. The summed E-state index contributed by atoms with van der Waals surface area (Å²) >= 11 is 5.69. The van der Waals surface area contributed by atoms with E-state index in [0.717, 1.165) is 4.48 Å². The first kappa shape index (κ1) is 10.8. The molecule has 0 aromatic rings. The van der Waals surface area contributed by atoms with E-state index in [1.807, 2.05) is 16.7 Å². The van der Waals surface area contributed by atoms with E-state index in [1.54, 1.807) is 21.1 Å². The molecule has 76 valence electrons. The van der Waals surface area contributed by atoms with Gasteiger partial charge in [-0.05, 0) is 0 Å². The molecule has 0 spiro atoms. The number of hydrogen-bond acceptors (Lipinski definition) is 3. The van der Waals surface area contributed by atoms with Crippen LogP contribution in [0.5, 0.6) is 0 Å². The molecule has 14 heavy (non-hydrogen) atoms. The number of amides is 1. The molecule has 2 unspecified atom stereocenters. The Hall–Kier alpha value is 0.310. The number of halogens is 2. The lowest BCUT2D eigenvalue weighted by Crippen LogP contribution is -2.45. The monoisotopic (exact) mass is 386 g/mol. The second kappa shape index (κ2) is 4.05. The topological polar surface area (TPSA) is 23.6 Å². The van der Waals surface area contributed by atoms with Crippen molar-refractivity contribution in [2.45, 2.75) is 6.04 Å². The molecular weight excluding hydrogens is 379 g/mol. The molecule has 0 aliphatic carbocycles. The lowest BCUT2D eigenvalue weighted by atomic mass is 9.99. The van der Waals surface area contributed by atoms with Gasteiger partial charge >= 0.3 is 0 Å². The molecule has 0 radical (unpaired) electrons. The van der Waals surface area contributed by atoms with Gasteiger partial charge in [0.2, 0.25) is 0 Å². The van der Waals surface area contributed by atoms with Crippen LogP contribution >= 0.6 is 46.3 Å². The fraction of sp³-hybridized carbons (Fsp3) is 0.375. The van der Waals surface area contributed by atoms with Crippen LogP contribution in [0.2, 0.25) is 0 Å². The predicted molar refractivity (Wildman–Crippen MR) is 69.6 cm³/mol. The van der Waals surface area contributed by atoms with Crippen molar-refractivity contribution in [1.82, 2.24) is 9.21 Å². The molecule has 2 heterocycles. The van der Waals surface area contributed by atoms with E-state index >= 15 is 0 Å². The van der Waals surface area contributed by atoms with E-state index in [1.165, 1.54) is 0 Å². The van der Waals surface area contributed by atoms with Gasteiger partial charge in [-0.25, -0.2) is 0 Å². The fourth-order valence-corrected chi connectivity index (χ4v) is 3.91. The smallest absolute Gasteiger partial charge is 0.250 e. The molecule has 2 aliphatic heterocycles. The van der Waals surface area contributed by atoms with E-state index in [-0.39, 0.29) is 17.9 Å². The standard InChI is InChI=1S/C8H8BrIN2OS/c1-11-4-6(9)5-2-3-12(14-10)7(5)8(11)13/h2-5,7H,1H3. The molecule has 0 saturated carbocycles. The molecule has 0 bridgehead atoms. The highest BCUT2D eigenvalue weighted by Crippen LogP contribution is 2.40. The number of fused-ring (bicyclic) bond motifs is 1. The van der Waals surface area contributed by atoms with Gasteiger partial charge in [0.1, 0.15) is 6.04 Å². The summed E-state index contributed by atoms with van der Waals surface area (Å²) in [4.78, 5) is 13.5. The molecule has 0 aromatic carbocycles. The molecule has 2 rings (SSSR count). The van der Waals surface area contributed by atoms with Crippen LogP contribution < -0.4 is 0 Å². The van der Waals surface area contributed by atoms with Crippen LogP contribution in [0, 0.1) is 5.92 Å². The number of carbonyl (C=O) groups is 1. The minimum atomic E-state index is -0.0822. The third-order valence-corrected chi connectivity index (χ3v) is 4.98. The van der Waals surface area contributed by atoms with Crippen molar-refractivity contribution in [3.8, 4) is 0 Å². The van der Waals surface area contributed by atoms with Gasteiger partial charge in [-0.15, -0.1) is 0 Å². The highest BCUT2D eigenvalue weighted by molar-refractivity contribution is 14.2. The normalized spacial score (nSPS) is 30.8. The van der Waals surface area contributed by atoms with E-state index in [4.69, 9.17) is 0 Å². The highest BCUT2D eigenvalue weighted by Gasteiger charge is 2.41. The van der Waals surface area contributed by atoms with Crippen LogP contribution in [0.25, 0.3) is 0 Å². The summed E-state index contributed by atoms with van der Waals surface area (Å²) in [6.45, 7) is 0. The predicted octanol–water partition coefficient (Wildman–Crippen LogP) is 2.51. The molecular formula is C8H8BrIN2OS. The van der Waals surface area contributed by atoms with Gasteiger partial charge in [-0.1, -0.05) is 22.0 Å². The van der Waals surface area contributed by atoms with Gasteiger partial charge in [0, 0.05) is 60.2 Å².